The SMILES string of the molecule is CCCC(O)CNCc1cc(Br)ccc1[N+](=O)[O-]. The van der Waals surface area contributed by atoms with Crippen molar-refractivity contribution in [2.75, 3.05) is 6.54 Å². The molecule has 18 heavy (non-hydrogen) atoms. The third-order valence-electron chi connectivity index (χ3n) is 2.56. The lowest BCUT2D eigenvalue weighted by atomic mass is 10.1. The number of nitro groups is 1. The molecule has 0 saturated heterocycles. The van der Waals surface area contributed by atoms with Crippen molar-refractivity contribution < 1.29 is 10.0 Å². The Morgan fingerprint density at radius 2 is 2.28 bits per heavy atom. The van der Waals surface area contributed by atoms with E-state index in [1.807, 2.05) is 6.92 Å². The van der Waals surface area contributed by atoms with Gasteiger partial charge in [0.15, 0.2) is 0 Å². The average Bonchev–Trinajstić information content (AvgIpc) is 2.29. The first kappa shape index (κ1) is 15.1. The van der Waals surface area contributed by atoms with E-state index in [1.54, 1.807) is 12.1 Å². The highest BCUT2D eigenvalue weighted by Crippen LogP contribution is 2.22. The quantitative estimate of drug-likeness (QED) is 0.599. The summed E-state index contributed by atoms with van der Waals surface area (Å²) in [6.07, 6.45) is 1.24. The van der Waals surface area contributed by atoms with Crippen LogP contribution in [0.3, 0.4) is 0 Å². The standard InChI is InChI=1S/C12H17BrN2O3/c1-2-3-11(16)8-14-7-9-6-10(13)4-5-12(9)15(17)18/h4-6,11,14,16H,2-3,7-8H2,1H3. The van der Waals surface area contributed by atoms with Gasteiger partial charge in [-0.15, -0.1) is 0 Å². The first-order valence-electron chi connectivity index (χ1n) is 5.86. The second-order valence-corrected chi connectivity index (χ2v) is 5.02. The Morgan fingerprint density at radius 3 is 2.89 bits per heavy atom. The summed E-state index contributed by atoms with van der Waals surface area (Å²) in [5.41, 5.74) is 0.703. The molecule has 0 aliphatic carbocycles. The molecule has 0 spiro atoms. The Kier molecular flexibility index (Phi) is 6.24. The molecule has 0 aliphatic heterocycles. The van der Waals surface area contributed by atoms with E-state index < -0.39 is 11.0 Å². The molecular weight excluding hydrogens is 300 g/mol. The maximum absolute atomic E-state index is 10.8. The molecule has 0 radical (unpaired) electrons. The topological polar surface area (TPSA) is 75.4 Å². The molecule has 100 valence electrons. The fraction of sp³-hybridized carbons (Fsp3) is 0.500. The second kappa shape index (κ2) is 7.45. The first-order valence-corrected chi connectivity index (χ1v) is 6.65. The number of halogens is 1. The molecule has 0 fully saturated rings. The third kappa shape index (κ3) is 4.72. The van der Waals surface area contributed by atoms with Crippen molar-refractivity contribution in [2.45, 2.75) is 32.4 Å². The van der Waals surface area contributed by atoms with Crippen LogP contribution in [0.4, 0.5) is 5.69 Å². The second-order valence-electron chi connectivity index (χ2n) is 4.10. The van der Waals surface area contributed by atoms with Gasteiger partial charge < -0.3 is 10.4 Å². The number of aliphatic hydroxyl groups is 1. The van der Waals surface area contributed by atoms with E-state index in [4.69, 9.17) is 0 Å². The summed E-state index contributed by atoms with van der Waals surface area (Å²) in [5.74, 6) is 0. The van der Waals surface area contributed by atoms with Gasteiger partial charge in [0.05, 0.1) is 11.0 Å². The van der Waals surface area contributed by atoms with Crippen LogP contribution >= 0.6 is 15.9 Å². The third-order valence-corrected chi connectivity index (χ3v) is 3.05. The largest absolute Gasteiger partial charge is 0.392 e. The Bertz CT molecular complexity index is 412. The van der Waals surface area contributed by atoms with Crippen LogP contribution in [0.15, 0.2) is 22.7 Å². The maximum atomic E-state index is 10.8. The van der Waals surface area contributed by atoms with Crippen molar-refractivity contribution in [3.63, 3.8) is 0 Å². The molecule has 1 unspecified atom stereocenters. The Labute approximate surface area is 114 Å². The summed E-state index contributed by atoms with van der Waals surface area (Å²) in [5, 5.41) is 23.4. The number of hydrogen-bond acceptors (Lipinski definition) is 4. The molecule has 5 nitrogen and oxygen atoms in total. The van der Waals surface area contributed by atoms with E-state index in [2.05, 4.69) is 21.2 Å². The van der Waals surface area contributed by atoms with Gasteiger partial charge in [-0.1, -0.05) is 29.3 Å². The molecular formula is C12H17BrN2O3. The lowest BCUT2D eigenvalue weighted by Gasteiger charge is -2.11. The van der Waals surface area contributed by atoms with Gasteiger partial charge in [-0.25, -0.2) is 0 Å². The molecule has 1 aromatic carbocycles. The summed E-state index contributed by atoms with van der Waals surface area (Å²) in [6, 6.07) is 4.84. The van der Waals surface area contributed by atoms with Crippen molar-refractivity contribution in [1.29, 1.82) is 0 Å². The molecule has 1 rings (SSSR count). The van der Waals surface area contributed by atoms with Crippen molar-refractivity contribution in [3.8, 4) is 0 Å². The van der Waals surface area contributed by atoms with E-state index in [1.165, 1.54) is 6.07 Å². The number of nitrogens with zero attached hydrogens (tertiary/aromatic N) is 1. The number of rotatable bonds is 7. The zero-order chi connectivity index (χ0) is 13.5. The summed E-state index contributed by atoms with van der Waals surface area (Å²) in [6.45, 7) is 2.82. The highest BCUT2D eigenvalue weighted by Gasteiger charge is 2.13. The van der Waals surface area contributed by atoms with Crippen molar-refractivity contribution >= 4 is 21.6 Å². The van der Waals surface area contributed by atoms with Crippen LogP contribution < -0.4 is 5.32 Å². The van der Waals surface area contributed by atoms with E-state index in [9.17, 15) is 15.2 Å². The van der Waals surface area contributed by atoms with Crippen LogP contribution in [0.25, 0.3) is 0 Å². The van der Waals surface area contributed by atoms with Crippen molar-refractivity contribution in [1.82, 2.24) is 5.32 Å². The van der Waals surface area contributed by atoms with Crippen LogP contribution in [0, 0.1) is 10.1 Å². The van der Waals surface area contributed by atoms with Crippen LogP contribution in [0.2, 0.25) is 0 Å². The molecule has 2 N–H and O–H groups in total. The van der Waals surface area contributed by atoms with Crippen LogP contribution in [0.1, 0.15) is 25.3 Å². The molecule has 0 aromatic heterocycles. The van der Waals surface area contributed by atoms with Gasteiger partial charge in [0.2, 0.25) is 0 Å². The molecule has 0 amide bonds. The zero-order valence-corrected chi connectivity index (χ0v) is 11.8. The maximum Gasteiger partial charge on any atom is 0.273 e. The van der Waals surface area contributed by atoms with Gasteiger partial charge in [0.25, 0.3) is 5.69 Å². The number of aliphatic hydroxyl groups excluding tert-OH is 1. The minimum absolute atomic E-state index is 0.0932. The Balaban J connectivity index is 2.60. The van der Waals surface area contributed by atoms with Crippen LogP contribution in [-0.4, -0.2) is 22.7 Å². The fourth-order valence-electron chi connectivity index (χ4n) is 1.68. The molecule has 0 saturated carbocycles. The molecule has 1 atom stereocenters. The fourth-order valence-corrected chi connectivity index (χ4v) is 2.09. The zero-order valence-electron chi connectivity index (χ0n) is 10.2. The van der Waals surface area contributed by atoms with Gasteiger partial charge in [0, 0.05) is 29.2 Å². The molecule has 6 heteroatoms. The summed E-state index contributed by atoms with van der Waals surface area (Å²) < 4.78 is 0.805. The first-order chi connectivity index (χ1) is 8.54. The van der Waals surface area contributed by atoms with Crippen LogP contribution in [0.5, 0.6) is 0 Å². The summed E-state index contributed by atoms with van der Waals surface area (Å²) in [7, 11) is 0. The average molecular weight is 317 g/mol. The summed E-state index contributed by atoms with van der Waals surface area (Å²) in [4.78, 5) is 10.4. The minimum Gasteiger partial charge on any atom is -0.392 e. The van der Waals surface area contributed by atoms with E-state index in [0.29, 0.717) is 18.7 Å². The summed E-state index contributed by atoms with van der Waals surface area (Å²) >= 11 is 3.29. The number of nitrogens with one attached hydrogen (secondary N) is 1. The van der Waals surface area contributed by atoms with Crippen molar-refractivity contribution in [3.05, 3.63) is 38.3 Å². The minimum atomic E-state index is -0.402. The van der Waals surface area contributed by atoms with Gasteiger partial charge >= 0.3 is 0 Å². The van der Waals surface area contributed by atoms with E-state index >= 15 is 0 Å². The van der Waals surface area contributed by atoms with Gasteiger partial charge in [-0.2, -0.15) is 0 Å². The highest BCUT2D eigenvalue weighted by molar-refractivity contribution is 9.10. The van der Waals surface area contributed by atoms with Gasteiger partial charge in [-0.3, -0.25) is 10.1 Å². The number of nitro benzene ring substituents is 1. The molecule has 0 heterocycles. The lowest BCUT2D eigenvalue weighted by Crippen LogP contribution is -2.26. The van der Waals surface area contributed by atoms with E-state index in [0.717, 1.165) is 17.3 Å². The monoisotopic (exact) mass is 316 g/mol. The molecule has 0 aliphatic rings. The normalized spacial score (nSPS) is 12.4. The molecule has 0 bridgehead atoms. The predicted octanol–water partition coefficient (Wildman–Crippen LogP) is 2.61. The number of hydrogen-bond donors (Lipinski definition) is 2. The predicted molar refractivity (Wildman–Crippen MR) is 73.4 cm³/mol. The van der Waals surface area contributed by atoms with Gasteiger partial charge in [0.1, 0.15) is 0 Å². The number of benzene rings is 1. The Morgan fingerprint density at radius 1 is 1.56 bits per heavy atom. The highest BCUT2D eigenvalue weighted by atomic mass is 79.9. The molecule has 1 aromatic rings. The van der Waals surface area contributed by atoms with E-state index in [-0.39, 0.29) is 5.69 Å². The lowest BCUT2D eigenvalue weighted by molar-refractivity contribution is -0.385. The smallest absolute Gasteiger partial charge is 0.273 e. The van der Waals surface area contributed by atoms with Crippen molar-refractivity contribution in [2.24, 2.45) is 0 Å². The van der Waals surface area contributed by atoms with Gasteiger partial charge in [-0.05, 0) is 18.6 Å². The Hall–Kier alpha value is -0.980. The van der Waals surface area contributed by atoms with Crippen LogP contribution in [-0.2, 0) is 6.54 Å².